The Labute approximate surface area is 175 Å². The maximum absolute atomic E-state index is 10.6. The second kappa shape index (κ2) is 9.01. The Bertz CT molecular complexity index is 1100. The molecular weight excluding hydrogens is 374 g/mol. The first kappa shape index (κ1) is 19.3. The van der Waals surface area contributed by atoms with Gasteiger partial charge in [0.2, 0.25) is 0 Å². The number of phenols is 1. The molecule has 0 aliphatic carbocycles. The fourth-order valence-corrected chi connectivity index (χ4v) is 2.96. The summed E-state index contributed by atoms with van der Waals surface area (Å²) in [5, 5.41) is 10.6. The first-order valence-electron chi connectivity index (χ1n) is 9.69. The van der Waals surface area contributed by atoms with Crippen LogP contribution in [0.1, 0.15) is 6.92 Å². The van der Waals surface area contributed by atoms with Crippen LogP contribution in [0, 0.1) is 0 Å². The van der Waals surface area contributed by atoms with Crippen LogP contribution in [-0.4, -0.2) is 26.7 Å². The zero-order valence-corrected chi connectivity index (χ0v) is 16.6. The quantitative estimate of drug-likeness (QED) is 0.435. The second-order valence-corrected chi connectivity index (χ2v) is 6.60. The van der Waals surface area contributed by atoms with Crippen LogP contribution >= 0.6 is 0 Å². The number of benzene rings is 3. The minimum atomic E-state index is 0.0530. The fraction of sp³-hybridized carbons (Fsp3) is 0.0800. The van der Waals surface area contributed by atoms with Gasteiger partial charge in [-0.2, -0.15) is 0 Å². The monoisotopic (exact) mass is 395 g/mol. The van der Waals surface area contributed by atoms with E-state index in [0.29, 0.717) is 35.4 Å². The van der Waals surface area contributed by atoms with Crippen LogP contribution in [0.3, 0.4) is 0 Å². The van der Waals surface area contributed by atoms with Crippen LogP contribution in [0.15, 0.2) is 91.0 Å². The third kappa shape index (κ3) is 4.36. The highest BCUT2D eigenvalue weighted by Crippen LogP contribution is 2.32. The van der Waals surface area contributed by atoms with E-state index < -0.39 is 0 Å². The lowest BCUT2D eigenvalue weighted by Crippen LogP contribution is -2.00. The molecule has 0 aliphatic heterocycles. The molecule has 0 saturated carbocycles. The van der Waals surface area contributed by atoms with Crippen molar-refractivity contribution in [1.82, 2.24) is 15.0 Å². The van der Waals surface area contributed by atoms with E-state index in [1.165, 1.54) is 0 Å². The smallest absolute Gasteiger partial charge is 0.167 e. The molecule has 1 heterocycles. The molecule has 0 saturated heterocycles. The van der Waals surface area contributed by atoms with Gasteiger partial charge in [0.15, 0.2) is 17.5 Å². The summed E-state index contributed by atoms with van der Waals surface area (Å²) in [6.45, 7) is 2.37. The number of phenolic OH excluding ortho intramolecular Hbond substituents is 1. The van der Waals surface area contributed by atoms with E-state index >= 15 is 0 Å². The van der Waals surface area contributed by atoms with Crippen LogP contribution in [0.2, 0.25) is 0 Å². The highest BCUT2D eigenvalue weighted by atomic mass is 16.5. The molecule has 0 unspecified atom stereocenters. The zero-order valence-electron chi connectivity index (χ0n) is 16.6. The molecule has 0 radical (unpaired) electrons. The second-order valence-electron chi connectivity index (χ2n) is 6.60. The van der Waals surface area contributed by atoms with Gasteiger partial charge >= 0.3 is 0 Å². The number of hydrogen-bond donors (Lipinski definition) is 1. The molecule has 148 valence electrons. The lowest BCUT2D eigenvalue weighted by atomic mass is 10.1. The summed E-state index contributed by atoms with van der Waals surface area (Å²) in [6.07, 6.45) is 3.81. The highest BCUT2D eigenvalue weighted by molar-refractivity contribution is 5.70. The fourth-order valence-electron chi connectivity index (χ4n) is 2.96. The average molecular weight is 395 g/mol. The van der Waals surface area contributed by atoms with E-state index in [2.05, 4.69) is 15.0 Å². The van der Waals surface area contributed by atoms with E-state index in [0.717, 1.165) is 11.1 Å². The Morgan fingerprint density at radius 1 is 0.767 bits per heavy atom. The van der Waals surface area contributed by atoms with Gasteiger partial charge in [0, 0.05) is 17.2 Å². The third-order valence-corrected chi connectivity index (χ3v) is 4.49. The first-order valence-corrected chi connectivity index (χ1v) is 9.69. The van der Waals surface area contributed by atoms with Crippen LogP contribution in [0.25, 0.3) is 34.2 Å². The molecule has 5 nitrogen and oxygen atoms in total. The molecule has 0 amide bonds. The molecule has 30 heavy (non-hydrogen) atoms. The predicted octanol–water partition coefficient (Wildman–Crippen LogP) is 5.53. The zero-order chi connectivity index (χ0) is 20.8. The van der Waals surface area contributed by atoms with Crippen LogP contribution in [0.5, 0.6) is 11.5 Å². The molecule has 4 aromatic rings. The molecule has 1 N–H and O–H groups in total. The summed E-state index contributed by atoms with van der Waals surface area (Å²) in [7, 11) is 0. The number of ether oxygens (including phenoxy) is 1. The SMILES string of the molecule is CC=CCOc1ccc(-c2nc(-c3ccccc3)nc(-c3ccccc3)n2)c(O)c1. The number of hydrogen-bond acceptors (Lipinski definition) is 5. The van der Waals surface area contributed by atoms with Gasteiger partial charge in [-0.05, 0) is 19.1 Å². The highest BCUT2D eigenvalue weighted by Gasteiger charge is 2.15. The van der Waals surface area contributed by atoms with Crippen molar-refractivity contribution >= 4 is 0 Å². The molecular formula is C25H21N3O2. The Balaban J connectivity index is 1.79. The van der Waals surface area contributed by atoms with Crippen molar-refractivity contribution in [3.8, 4) is 45.7 Å². The Morgan fingerprint density at radius 2 is 1.33 bits per heavy atom. The van der Waals surface area contributed by atoms with Gasteiger partial charge in [0.25, 0.3) is 0 Å². The van der Waals surface area contributed by atoms with Crippen LogP contribution in [-0.2, 0) is 0 Å². The van der Waals surface area contributed by atoms with Crippen LogP contribution in [0.4, 0.5) is 0 Å². The normalized spacial score (nSPS) is 11.0. The summed E-state index contributed by atoms with van der Waals surface area (Å²) in [4.78, 5) is 13.9. The summed E-state index contributed by atoms with van der Waals surface area (Å²) < 4.78 is 5.60. The summed E-state index contributed by atoms with van der Waals surface area (Å²) in [5.74, 6) is 2.13. The minimum absolute atomic E-state index is 0.0530. The summed E-state index contributed by atoms with van der Waals surface area (Å²) in [6, 6.07) is 24.6. The summed E-state index contributed by atoms with van der Waals surface area (Å²) in [5.41, 5.74) is 2.28. The molecule has 0 spiro atoms. The van der Waals surface area contributed by atoms with Crippen LogP contribution < -0.4 is 4.74 Å². The third-order valence-electron chi connectivity index (χ3n) is 4.49. The van der Waals surface area contributed by atoms with Crippen molar-refractivity contribution < 1.29 is 9.84 Å². The van der Waals surface area contributed by atoms with Crippen molar-refractivity contribution in [1.29, 1.82) is 0 Å². The van der Waals surface area contributed by atoms with Gasteiger partial charge in [-0.15, -0.1) is 0 Å². The Kier molecular flexibility index (Phi) is 5.80. The number of aromatic hydroxyl groups is 1. The van der Waals surface area contributed by atoms with Gasteiger partial charge in [-0.3, -0.25) is 0 Å². The molecule has 5 heteroatoms. The topological polar surface area (TPSA) is 68.1 Å². The largest absolute Gasteiger partial charge is 0.507 e. The predicted molar refractivity (Wildman–Crippen MR) is 118 cm³/mol. The van der Waals surface area contributed by atoms with Crippen molar-refractivity contribution in [2.75, 3.05) is 6.61 Å². The molecule has 0 aliphatic rings. The van der Waals surface area contributed by atoms with Gasteiger partial charge < -0.3 is 9.84 Å². The van der Waals surface area contributed by atoms with E-state index in [4.69, 9.17) is 4.74 Å². The lowest BCUT2D eigenvalue weighted by molar-refractivity contribution is 0.359. The van der Waals surface area contributed by atoms with Gasteiger partial charge in [0.1, 0.15) is 18.1 Å². The van der Waals surface area contributed by atoms with Crippen molar-refractivity contribution in [3.63, 3.8) is 0 Å². The number of allylic oxidation sites excluding steroid dienone is 1. The molecule has 4 rings (SSSR count). The average Bonchev–Trinajstić information content (AvgIpc) is 2.80. The van der Waals surface area contributed by atoms with E-state index in [-0.39, 0.29) is 5.75 Å². The minimum Gasteiger partial charge on any atom is -0.507 e. The first-order chi connectivity index (χ1) is 14.7. The van der Waals surface area contributed by atoms with E-state index in [1.807, 2.05) is 79.7 Å². The summed E-state index contributed by atoms with van der Waals surface area (Å²) >= 11 is 0. The van der Waals surface area contributed by atoms with Gasteiger partial charge in [0.05, 0.1) is 5.56 Å². The maximum Gasteiger partial charge on any atom is 0.167 e. The van der Waals surface area contributed by atoms with E-state index in [9.17, 15) is 5.11 Å². The molecule has 3 aromatic carbocycles. The van der Waals surface area contributed by atoms with E-state index in [1.54, 1.807) is 18.2 Å². The number of aromatic nitrogens is 3. The molecule has 0 atom stereocenters. The molecule has 0 fully saturated rings. The van der Waals surface area contributed by atoms with Gasteiger partial charge in [-0.25, -0.2) is 15.0 Å². The van der Waals surface area contributed by atoms with Crippen molar-refractivity contribution in [2.24, 2.45) is 0 Å². The molecule has 1 aromatic heterocycles. The van der Waals surface area contributed by atoms with Crippen molar-refractivity contribution in [3.05, 3.63) is 91.0 Å². The van der Waals surface area contributed by atoms with Crippen molar-refractivity contribution in [2.45, 2.75) is 6.92 Å². The standard InChI is InChI=1S/C25H21N3O2/c1-2-3-16-30-20-14-15-21(22(29)17-20)25-27-23(18-10-6-4-7-11-18)26-24(28-25)19-12-8-5-9-13-19/h2-15,17,29H,16H2,1H3. The van der Waals surface area contributed by atoms with Gasteiger partial charge in [-0.1, -0.05) is 72.8 Å². The Hall–Kier alpha value is -3.99. The lowest BCUT2D eigenvalue weighted by Gasteiger charge is -2.10. The Morgan fingerprint density at radius 3 is 1.87 bits per heavy atom. The maximum atomic E-state index is 10.6. The number of nitrogens with zero attached hydrogens (tertiary/aromatic N) is 3. The number of rotatable bonds is 6. The molecule has 0 bridgehead atoms.